The van der Waals surface area contributed by atoms with Crippen LogP contribution in [0.2, 0.25) is 0 Å². The molecule has 0 aromatic carbocycles. The Bertz CT molecular complexity index is 593. The minimum atomic E-state index is -0.344. The molecule has 0 saturated heterocycles. The van der Waals surface area contributed by atoms with Gasteiger partial charge in [0.15, 0.2) is 6.29 Å². The van der Waals surface area contributed by atoms with Crippen LogP contribution in [0.3, 0.4) is 0 Å². The molecule has 28 heavy (non-hydrogen) atoms. The lowest BCUT2D eigenvalue weighted by Gasteiger charge is -2.63. The summed E-state index contributed by atoms with van der Waals surface area (Å²) in [7, 11) is 0. The van der Waals surface area contributed by atoms with Gasteiger partial charge in [-0.3, -0.25) is 4.79 Å². The number of hydrogen-bond donors (Lipinski definition) is 3. The molecule has 1 radical (unpaired) electrons. The summed E-state index contributed by atoms with van der Waals surface area (Å²) in [5.41, 5.74) is -0.0383. The lowest BCUT2D eigenvalue weighted by molar-refractivity contribution is -0.207. The Labute approximate surface area is 170 Å². The van der Waals surface area contributed by atoms with E-state index in [0.717, 1.165) is 51.4 Å². The Morgan fingerprint density at radius 3 is 2.50 bits per heavy atom. The van der Waals surface area contributed by atoms with Crippen LogP contribution in [0.1, 0.15) is 78.6 Å². The summed E-state index contributed by atoms with van der Waals surface area (Å²) in [4.78, 5) is 10.7. The predicted octanol–water partition coefficient (Wildman–Crippen LogP) is 3.47. The van der Waals surface area contributed by atoms with Gasteiger partial charge >= 0.3 is 0 Å². The second-order valence-corrected chi connectivity index (χ2v) is 11.2. The molecule has 4 saturated carbocycles. The van der Waals surface area contributed by atoms with E-state index >= 15 is 0 Å². The van der Waals surface area contributed by atoms with Crippen molar-refractivity contribution in [1.29, 1.82) is 0 Å². The van der Waals surface area contributed by atoms with E-state index in [0.29, 0.717) is 36.0 Å². The summed E-state index contributed by atoms with van der Waals surface area (Å²) >= 11 is 0. The van der Waals surface area contributed by atoms with Gasteiger partial charge in [-0.05, 0) is 97.7 Å². The quantitative estimate of drug-likeness (QED) is 0.686. The summed E-state index contributed by atoms with van der Waals surface area (Å²) in [6.45, 7) is 6.87. The van der Waals surface area contributed by atoms with Crippen molar-refractivity contribution in [3.63, 3.8) is 0 Å². The maximum Gasteiger partial charge on any atom is 0.198 e. The number of rotatable bonds is 4. The van der Waals surface area contributed by atoms with E-state index in [9.17, 15) is 20.1 Å². The van der Waals surface area contributed by atoms with Crippen LogP contribution in [0.4, 0.5) is 0 Å². The fraction of sp³-hybridized carbons (Fsp3) is 0.958. The Morgan fingerprint density at radius 1 is 1.04 bits per heavy atom. The normalized spacial score (nSPS) is 54.4. The van der Waals surface area contributed by atoms with Crippen molar-refractivity contribution >= 4 is 6.29 Å². The van der Waals surface area contributed by atoms with Crippen molar-refractivity contribution in [3.05, 3.63) is 0 Å². The Hall–Kier alpha value is -0.450. The molecule has 0 spiro atoms. The van der Waals surface area contributed by atoms with Gasteiger partial charge in [-0.25, -0.2) is 0 Å². The minimum absolute atomic E-state index is 0.127. The highest BCUT2D eigenvalue weighted by atomic mass is 16.3. The van der Waals surface area contributed by atoms with E-state index in [2.05, 4.69) is 20.8 Å². The van der Waals surface area contributed by atoms with Gasteiger partial charge in [-0.2, -0.15) is 0 Å². The molecule has 4 fully saturated rings. The molecule has 4 aliphatic rings. The molecule has 0 bridgehead atoms. The zero-order chi connectivity index (χ0) is 20.3. The van der Waals surface area contributed by atoms with Gasteiger partial charge in [0.25, 0.3) is 0 Å². The van der Waals surface area contributed by atoms with Crippen LogP contribution in [-0.2, 0) is 4.79 Å². The molecular formula is C24H39O4. The number of aliphatic hydroxyl groups is 3. The molecule has 159 valence electrons. The number of aliphatic hydroxyl groups excluding tert-OH is 3. The third-order valence-corrected chi connectivity index (χ3v) is 10.2. The maximum absolute atomic E-state index is 11.5. The monoisotopic (exact) mass is 391 g/mol. The van der Waals surface area contributed by atoms with Crippen molar-refractivity contribution in [2.24, 2.45) is 46.3 Å². The standard InChI is InChI=1S/C24H39O4/c1-14(5-4-10-25)17-6-7-18-22-19(13-21(28)24(17,18)3)23(2)9-8-16(26)11-15(23)12-20(22)27/h14-22,26-28H,4-9,11-13H2,1-3H3/t14-,15+,16-,17-,18+,19+,20-,21+,22+,23+,24-/m1/s1. The number of carbonyl (C=O) groups excluding carboxylic acids is 1. The molecule has 4 rings (SSSR count). The first-order chi connectivity index (χ1) is 13.2. The molecule has 3 N–H and O–H groups in total. The van der Waals surface area contributed by atoms with E-state index in [1.807, 2.05) is 6.29 Å². The van der Waals surface area contributed by atoms with Crippen LogP contribution in [0.25, 0.3) is 0 Å². The average molecular weight is 392 g/mol. The van der Waals surface area contributed by atoms with Gasteiger partial charge in [-0.1, -0.05) is 20.8 Å². The van der Waals surface area contributed by atoms with Gasteiger partial charge in [0.05, 0.1) is 18.3 Å². The molecule has 0 heterocycles. The van der Waals surface area contributed by atoms with E-state index in [1.54, 1.807) is 0 Å². The summed E-state index contributed by atoms with van der Waals surface area (Å²) in [6, 6.07) is 0. The first kappa shape index (κ1) is 20.8. The van der Waals surface area contributed by atoms with Gasteiger partial charge in [0.2, 0.25) is 0 Å². The molecule has 11 atom stereocenters. The highest BCUT2D eigenvalue weighted by Crippen LogP contribution is 2.68. The van der Waals surface area contributed by atoms with Gasteiger partial charge < -0.3 is 15.3 Å². The van der Waals surface area contributed by atoms with Gasteiger partial charge in [0, 0.05) is 6.42 Å². The third-order valence-electron chi connectivity index (χ3n) is 10.2. The topological polar surface area (TPSA) is 77.8 Å². The predicted molar refractivity (Wildman–Crippen MR) is 108 cm³/mol. The molecule has 4 heteroatoms. The van der Waals surface area contributed by atoms with Crippen molar-refractivity contribution in [2.45, 2.75) is 96.9 Å². The van der Waals surface area contributed by atoms with Crippen molar-refractivity contribution in [3.8, 4) is 0 Å². The highest BCUT2D eigenvalue weighted by molar-refractivity contribution is 5.50. The van der Waals surface area contributed by atoms with Crippen LogP contribution in [0, 0.1) is 46.3 Å². The zero-order valence-electron chi connectivity index (χ0n) is 17.8. The molecule has 0 aromatic heterocycles. The molecule has 0 amide bonds. The van der Waals surface area contributed by atoms with Crippen LogP contribution in [0.5, 0.6) is 0 Å². The average Bonchev–Trinajstić information content (AvgIpc) is 3.01. The minimum Gasteiger partial charge on any atom is -0.393 e. The van der Waals surface area contributed by atoms with Crippen molar-refractivity contribution < 1.29 is 20.1 Å². The van der Waals surface area contributed by atoms with Crippen LogP contribution in [-0.4, -0.2) is 39.9 Å². The Balaban J connectivity index is 1.63. The zero-order valence-corrected chi connectivity index (χ0v) is 17.8. The fourth-order valence-electron chi connectivity index (χ4n) is 8.62. The smallest absolute Gasteiger partial charge is 0.198 e. The first-order valence-electron chi connectivity index (χ1n) is 11.6. The molecule has 0 aliphatic heterocycles. The maximum atomic E-state index is 11.5. The Morgan fingerprint density at radius 2 is 1.79 bits per heavy atom. The Kier molecular flexibility index (Phi) is 5.46. The number of fused-ring (bicyclic) bond motifs is 5. The van der Waals surface area contributed by atoms with E-state index in [-0.39, 0.29) is 35.1 Å². The molecular weight excluding hydrogens is 352 g/mol. The van der Waals surface area contributed by atoms with E-state index in [1.165, 1.54) is 0 Å². The molecule has 0 unspecified atom stereocenters. The SMILES string of the molecule is C[C@H](CC[C]=O)[C@H]1CC[C@H]2[C@@H]3[C@H](O)C[C@@H]4C[C@H](O)CC[C@]4(C)[C@H]3C[C@H](O)[C@]12C. The molecule has 4 aliphatic carbocycles. The fourth-order valence-corrected chi connectivity index (χ4v) is 8.62. The molecule has 0 aromatic rings. The number of hydrogen-bond acceptors (Lipinski definition) is 4. The van der Waals surface area contributed by atoms with E-state index in [4.69, 9.17) is 0 Å². The van der Waals surface area contributed by atoms with Crippen LogP contribution < -0.4 is 0 Å². The summed E-state index contributed by atoms with van der Waals surface area (Å²) in [5, 5.41) is 32.9. The first-order valence-corrected chi connectivity index (χ1v) is 11.6. The van der Waals surface area contributed by atoms with E-state index < -0.39 is 0 Å². The summed E-state index contributed by atoms with van der Waals surface area (Å²) in [5.74, 6) is 2.14. The van der Waals surface area contributed by atoms with Gasteiger partial charge in [0.1, 0.15) is 0 Å². The van der Waals surface area contributed by atoms with Crippen molar-refractivity contribution in [1.82, 2.24) is 0 Å². The third kappa shape index (κ3) is 2.93. The lowest BCUT2D eigenvalue weighted by atomic mass is 9.43. The van der Waals surface area contributed by atoms with Crippen LogP contribution >= 0.6 is 0 Å². The molecule has 4 nitrogen and oxygen atoms in total. The summed E-state index contributed by atoms with van der Waals surface area (Å²) in [6.07, 6.45) is 8.89. The second kappa shape index (κ2) is 7.35. The van der Waals surface area contributed by atoms with Gasteiger partial charge in [-0.15, -0.1) is 0 Å². The second-order valence-electron chi connectivity index (χ2n) is 11.2. The largest absolute Gasteiger partial charge is 0.393 e. The highest BCUT2D eigenvalue weighted by Gasteiger charge is 2.65. The van der Waals surface area contributed by atoms with Crippen LogP contribution in [0.15, 0.2) is 0 Å². The lowest BCUT2D eigenvalue weighted by Crippen LogP contribution is -2.62. The van der Waals surface area contributed by atoms with Crippen molar-refractivity contribution in [2.75, 3.05) is 0 Å². The summed E-state index contributed by atoms with van der Waals surface area (Å²) < 4.78 is 0.